The van der Waals surface area contributed by atoms with Gasteiger partial charge < -0.3 is 100 Å². The number of alkyl carbamates (subject to hydrolysis) is 1. The van der Waals surface area contributed by atoms with Crippen LogP contribution < -0.4 is 32.3 Å². The number of aromatic nitrogens is 8. The Hall–Kier alpha value is -11.0. The van der Waals surface area contributed by atoms with E-state index < -0.39 is 120 Å². The number of cyclic esters (lactones) is 1. The number of ketones is 3. The maximum Gasteiger partial charge on any atom is 0.407 e. The number of carbonyl (C=O) groups excluding carboxylic acids is 9. The second-order valence-electron chi connectivity index (χ2n) is 36.0. The fourth-order valence-corrected chi connectivity index (χ4v) is 17.9. The van der Waals surface area contributed by atoms with Gasteiger partial charge in [-0.2, -0.15) is 5.10 Å². The van der Waals surface area contributed by atoms with Gasteiger partial charge in [0.25, 0.3) is 11.7 Å². The van der Waals surface area contributed by atoms with Gasteiger partial charge in [0.2, 0.25) is 35.4 Å². The van der Waals surface area contributed by atoms with E-state index in [1.807, 2.05) is 81.9 Å². The Morgan fingerprint density at radius 3 is 2.28 bits per heavy atom. The number of piperidine rings is 1. The molecule has 0 radical (unpaired) electrons. The molecule has 11 N–H and O–H groups in total. The zero-order chi connectivity index (χ0) is 96.1. The summed E-state index contributed by atoms with van der Waals surface area (Å²) in [6.45, 7) is 23.4. The standard InChI is InChI=1S/C95H136N20O19/c1-59-18-12-11-13-19-60(2)75(128-9)51-70-23-21-65(7)95(127,134-70)85(122)90(124)114-31-16-14-20-72(114)91(125)132-76(52-73(116)61(3)47-63(5)83(120)84(121)82(119)62(4)46-59)71(96)48-66-22-24-74(77(49-66)129-10)133-94(126)101-30-44-130-42-26-78(117)102-54-67-55-105-93(106-56-67)113-39-37-111(38-40-113)79(118)27-43-131-45-41-110-33-35-112(36-34-110)92(98-8)104-53-64(6)89(123)100-28-15-17-32-115-88-80(86(97)107-58-108-88)81(109-115)69-50-68-25-29-99-87(68)103-57-69/h11-13,18-19,25,29,47,50,53,55-59,61-62,65-66,70-72,74-77,83-84,120-121,127H,8,14-17,20-24,26-28,30-46,48-49,51-52,54,96H2,1-7,9-10H3,(H,99,103)(H,100,123)(H,101,126)(H,102,117)(H2,97,107,108)/b13-11+,18-12+,60-19+,63-47+,64-53+,104-92?/t59-,61-,62-,65-,66+,70+,71-,72+,74-,75+,76+,77-,83-,84+,95-/m1/s1. The first-order valence-corrected chi connectivity index (χ1v) is 46.9. The molecule has 0 aromatic carbocycles. The maximum absolute atomic E-state index is 14.7. The van der Waals surface area contributed by atoms with Crippen molar-refractivity contribution < 1.29 is 91.6 Å². The number of ether oxygens (including phenoxy) is 7. The number of carbonyl (C=O) groups is 9. The number of Topliss-reactive ketones (excluding diaryl/α,β-unsaturated/α-hetero) is 3. The molecule has 134 heavy (non-hydrogen) atoms. The summed E-state index contributed by atoms with van der Waals surface area (Å²) in [6.07, 6.45) is 17.9. The van der Waals surface area contributed by atoms with E-state index in [-0.39, 0.29) is 100 Å². The number of nitrogens with one attached hydrogen (secondary N) is 4. The van der Waals surface area contributed by atoms with Gasteiger partial charge in [0.15, 0.2) is 11.4 Å². The number of methoxy groups -OCH3 is 2. The molecule has 10 heterocycles. The van der Waals surface area contributed by atoms with Crippen LogP contribution in [0.3, 0.4) is 0 Å². The number of allylic oxidation sites excluding steroid dienone is 6. The Kier molecular flexibility index (Phi) is 39.0. The molecule has 5 amide bonds. The number of guanidine groups is 1. The first kappa shape index (κ1) is 103. The number of pyridine rings is 1. The van der Waals surface area contributed by atoms with E-state index in [9.17, 15) is 58.5 Å². The molecule has 39 heteroatoms. The first-order chi connectivity index (χ1) is 64.4. The van der Waals surface area contributed by atoms with Crippen LogP contribution in [-0.2, 0) is 84.6 Å². The lowest BCUT2D eigenvalue weighted by Crippen LogP contribution is -2.61. The highest BCUT2D eigenvalue weighted by Crippen LogP contribution is 2.39. The molecule has 6 aliphatic rings. The zero-order valence-electron chi connectivity index (χ0n) is 78.7. The quantitative estimate of drug-likeness (QED) is 0.00507. The van der Waals surface area contributed by atoms with E-state index >= 15 is 0 Å². The number of H-pyrrole nitrogens is 1. The van der Waals surface area contributed by atoms with E-state index in [1.54, 1.807) is 53.4 Å². The average molecular weight is 1860 g/mol. The fraction of sp³-hybridized carbons (Fsp3) is 0.611. The van der Waals surface area contributed by atoms with Gasteiger partial charge in [-0.1, -0.05) is 64.2 Å². The number of aliphatic hydroxyl groups excluding tert-OH is 2. The molecule has 0 unspecified atom stereocenters. The number of unbranched alkanes of at least 4 members (excludes halogenated alkanes) is 1. The molecular formula is C95H136N20O19. The minimum absolute atomic E-state index is 0.0104. The van der Waals surface area contributed by atoms with Crippen LogP contribution in [0.4, 0.5) is 16.6 Å². The first-order valence-electron chi connectivity index (χ1n) is 46.9. The van der Waals surface area contributed by atoms with Crippen molar-refractivity contribution in [1.29, 1.82) is 0 Å². The summed E-state index contributed by atoms with van der Waals surface area (Å²) < 4.78 is 43.4. The number of esters is 1. The Labute approximate surface area is 782 Å². The smallest absolute Gasteiger partial charge is 0.407 e. The van der Waals surface area contributed by atoms with Crippen molar-refractivity contribution >= 4 is 99.6 Å². The molecule has 1 aliphatic carbocycles. The highest BCUT2D eigenvalue weighted by atomic mass is 16.6. The Morgan fingerprint density at radius 2 is 1.53 bits per heavy atom. The predicted octanol–water partition coefficient (Wildman–Crippen LogP) is 5.96. The molecule has 5 aromatic rings. The Morgan fingerprint density at radius 1 is 0.776 bits per heavy atom. The van der Waals surface area contributed by atoms with E-state index in [4.69, 9.17) is 49.7 Å². The molecule has 730 valence electrons. The van der Waals surface area contributed by atoms with E-state index in [2.05, 4.69) is 67.5 Å². The summed E-state index contributed by atoms with van der Waals surface area (Å²) in [5, 5.41) is 49.7. The zero-order valence-corrected chi connectivity index (χ0v) is 78.7. The third-order valence-corrected chi connectivity index (χ3v) is 26.2. The molecule has 0 spiro atoms. The molecule has 2 bridgehead atoms. The average Bonchev–Trinajstić information content (AvgIpc) is 1.01. The van der Waals surface area contributed by atoms with Crippen LogP contribution in [0.1, 0.15) is 157 Å². The van der Waals surface area contributed by atoms with Crippen LogP contribution in [0.15, 0.2) is 113 Å². The molecular weight excluding hydrogens is 1730 g/mol. The largest absolute Gasteiger partial charge is 0.459 e. The molecule has 11 rings (SSSR count). The van der Waals surface area contributed by atoms with E-state index in [1.165, 1.54) is 32.6 Å². The molecule has 1 saturated carbocycles. The Bertz CT molecular complexity index is 5020. The third kappa shape index (κ3) is 28.6. The van der Waals surface area contributed by atoms with Crippen molar-refractivity contribution in [3.63, 3.8) is 0 Å². The number of aliphatic hydroxyl groups is 3. The predicted molar refractivity (Wildman–Crippen MR) is 501 cm³/mol. The number of fused-ring (bicyclic) bond motifs is 5. The topological polar surface area (TPSA) is 506 Å². The van der Waals surface area contributed by atoms with Gasteiger partial charge in [0.05, 0.1) is 56.5 Å². The van der Waals surface area contributed by atoms with Gasteiger partial charge in [-0.3, -0.25) is 38.5 Å². The summed E-state index contributed by atoms with van der Waals surface area (Å²) in [7, 11) is 3.04. The summed E-state index contributed by atoms with van der Waals surface area (Å²) in [4.78, 5) is 167. The fourth-order valence-electron chi connectivity index (χ4n) is 17.9. The van der Waals surface area contributed by atoms with Crippen LogP contribution in [0.5, 0.6) is 0 Å². The van der Waals surface area contributed by atoms with Crippen LogP contribution in [0, 0.1) is 29.6 Å². The van der Waals surface area contributed by atoms with Crippen LogP contribution in [-0.4, -0.2) is 320 Å². The van der Waals surface area contributed by atoms with Gasteiger partial charge in [-0.05, 0) is 140 Å². The van der Waals surface area contributed by atoms with Crippen LogP contribution >= 0.6 is 0 Å². The molecule has 15 atom stereocenters. The van der Waals surface area contributed by atoms with Gasteiger partial charge >= 0.3 is 12.1 Å². The SMILES string of the molecule is C=NC(=N/C=C(\C)C(=O)NCCCCn1nc(-c2cnc3[nH]ccc3c2)c2c(N)ncnc21)N1CCN(CCOCCC(=O)N2CCN(c3ncc(CNC(=O)CCOCCNC(=O)O[C@@H]4CC[C@@H](C[C@@H](N)[C@@H]5CC(=O)[C@H](C)/C=C(\C)[C@@H](O)[C@@H](O)C(=O)[C@H](C)C[C@H](C)/C=C/C=C/C=C(\C)[C@@H](OC)C[C@@H]6CC[C@@H](C)[C@@](O)(O6)C(=O)C(=O)N6CCCC[C@H]6C(=O)O5)C[C@H]4OC)cn3)CC2)CC1. The molecule has 5 aliphatic heterocycles. The number of hydrogen-bond acceptors (Lipinski definition) is 30. The van der Waals surface area contributed by atoms with Crippen molar-refractivity contribution in [2.45, 2.75) is 225 Å². The lowest BCUT2D eigenvalue weighted by atomic mass is 9.80. The number of aryl methyl sites for hydroxylation is 1. The summed E-state index contributed by atoms with van der Waals surface area (Å²) in [6, 6.07) is 1.66. The van der Waals surface area contributed by atoms with Gasteiger partial charge in [0.1, 0.15) is 59.7 Å². The number of anilines is 2. The summed E-state index contributed by atoms with van der Waals surface area (Å²) in [5.41, 5.74) is 18.3. The molecule has 4 saturated heterocycles. The molecule has 5 aromatic heterocycles. The number of piperazine rings is 2. The van der Waals surface area contributed by atoms with Crippen molar-refractivity contribution in [1.82, 2.24) is 75.2 Å². The minimum atomic E-state index is -2.52. The molecule has 39 nitrogen and oxygen atoms in total. The second-order valence-corrected chi connectivity index (χ2v) is 36.0. The number of aliphatic imine (C=N–C) groups is 2. The van der Waals surface area contributed by atoms with Crippen LogP contribution in [0.2, 0.25) is 0 Å². The number of nitrogens with zero attached hydrogens (tertiary/aromatic N) is 14. The van der Waals surface area contributed by atoms with Crippen LogP contribution in [0.25, 0.3) is 33.3 Å². The highest BCUT2D eigenvalue weighted by Gasteiger charge is 2.53. The van der Waals surface area contributed by atoms with Crippen molar-refractivity contribution in [3.05, 3.63) is 108 Å². The molecule has 5 fully saturated rings. The van der Waals surface area contributed by atoms with Crippen molar-refractivity contribution in [2.24, 2.45) is 45.3 Å². The number of amides is 5. The van der Waals surface area contributed by atoms with Crippen molar-refractivity contribution in [2.75, 3.05) is 130 Å². The Balaban J connectivity index is 0.550. The number of nitrogen functional groups attached to an aromatic ring is 1. The maximum atomic E-state index is 14.7. The summed E-state index contributed by atoms with van der Waals surface area (Å²) in [5.74, 6) is -8.65. The lowest BCUT2D eigenvalue weighted by molar-refractivity contribution is -0.265. The summed E-state index contributed by atoms with van der Waals surface area (Å²) >= 11 is 0. The van der Waals surface area contributed by atoms with E-state index in [0.717, 1.165) is 40.2 Å². The number of rotatable bonds is 29. The lowest BCUT2D eigenvalue weighted by Gasteiger charge is -2.42. The minimum Gasteiger partial charge on any atom is -0.459 e. The van der Waals surface area contributed by atoms with Gasteiger partial charge in [0, 0.05) is 202 Å². The van der Waals surface area contributed by atoms with Gasteiger partial charge in [-0.25, -0.2) is 49.2 Å². The second kappa shape index (κ2) is 50.5. The van der Waals surface area contributed by atoms with Crippen molar-refractivity contribution in [3.8, 4) is 11.3 Å². The number of aromatic amines is 1. The third-order valence-electron chi connectivity index (χ3n) is 26.2. The van der Waals surface area contributed by atoms with Gasteiger partial charge in [-0.15, -0.1) is 0 Å². The normalized spacial score (nSPS) is 27.4. The van der Waals surface area contributed by atoms with E-state index in [0.29, 0.717) is 182 Å². The number of hydrogen-bond donors (Lipinski definition) is 9. The number of nitrogens with two attached hydrogens (primary N) is 2. The monoisotopic (exact) mass is 1860 g/mol. The highest BCUT2D eigenvalue weighted by molar-refractivity contribution is 6.39.